The van der Waals surface area contributed by atoms with E-state index in [9.17, 15) is 0 Å². The summed E-state index contributed by atoms with van der Waals surface area (Å²) in [4.78, 5) is 22.3. The molecule has 1 aromatic carbocycles. The lowest BCUT2D eigenvalue weighted by atomic mass is 10.2. The molecule has 0 aliphatic heterocycles. The van der Waals surface area contributed by atoms with Gasteiger partial charge in [-0.25, -0.2) is 19.9 Å². The number of rotatable bonds is 3. The van der Waals surface area contributed by atoms with Crippen molar-refractivity contribution in [3.05, 3.63) is 66.7 Å². The topological polar surface area (TPSA) is 64.5 Å². The first-order valence-electron chi connectivity index (χ1n) is 7.44. The smallest absolute Gasteiger partial charge is 0.194 e. The summed E-state index contributed by atoms with van der Waals surface area (Å²) < 4.78 is 0. The van der Waals surface area contributed by atoms with E-state index in [1.165, 1.54) is 11.8 Å². The molecule has 4 rings (SSSR count). The van der Waals surface area contributed by atoms with Gasteiger partial charge in [-0.1, -0.05) is 18.2 Å². The largest absolute Gasteiger partial charge is 0.264 e. The summed E-state index contributed by atoms with van der Waals surface area (Å²) in [5.41, 5.74) is 2.70. The Morgan fingerprint density at radius 1 is 0.875 bits per heavy atom. The Hall–Kier alpha value is -2.86. The van der Waals surface area contributed by atoms with Gasteiger partial charge in [0.1, 0.15) is 5.03 Å². The summed E-state index contributed by atoms with van der Waals surface area (Å²) in [6, 6.07) is 13.7. The highest BCUT2D eigenvalue weighted by Gasteiger charge is 2.12. The van der Waals surface area contributed by atoms with Gasteiger partial charge in [-0.05, 0) is 43.0 Å². The van der Waals surface area contributed by atoms with Gasteiger partial charge in [0.2, 0.25) is 0 Å². The van der Waals surface area contributed by atoms with Crippen molar-refractivity contribution in [3.8, 4) is 11.4 Å². The highest BCUT2D eigenvalue weighted by Crippen LogP contribution is 2.31. The van der Waals surface area contributed by atoms with E-state index in [0.29, 0.717) is 11.0 Å². The van der Waals surface area contributed by atoms with Crippen LogP contribution >= 0.6 is 11.8 Å². The van der Waals surface area contributed by atoms with Gasteiger partial charge < -0.3 is 0 Å². The zero-order chi connectivity index (χ0) is 16.4. The van der Waals surface area contributed by atoms with Crippen LogP contribution in [0.15, 0.2) is 71.2 Å². The lowest BCUT2D eigenvalue weighted by Gasteiger charge is -2.08. The van der Waals surface area contributed by atoms with Crippen LogP contribution in [0.2, 0.25) is 0 Å². The van der Waals surface area contributed by atoms with Gasteiger partial charge in [-0.3, -0.25) is 4.98 Å². The molecule has 0 atom stereocenters. The Bertz CT molecular complexity index is 1000. The summed E-state index contributed by atoms with van der Waals surface area (Å²) in [6.45, 7) is 1.95. The molecule has 3 heterocycles. The van der Waals surface area contributed by atoms with E-state index in [2.05, 4.69) is 19.9 Å². The third kappa shape index (κ3) is 2.96. The van der Waals surface area contributed by atoms with Gasteiger partial charge in [0, 0.05) is 35.2 Å². The number of benzene rings is 1. The lowest BCUT2D eigenvalue weighted by molar-refractivity contribution is 0.928. The zero-order valence-electron chi connectivity index (χ0n) is 12.9. The number of fused-ring (bicyclic) bond motifs is 1. The second kappa shape index (κ2) is 6.33. The van der Waals surface area contributed by atoms with Crippen molar-refractivity contribution >= 4 is 22.7 Å². The highest BCUT2D eigenvalue weighted by molar-refractivity contribution is 7.99. The molecule has 0 N–H and O–H groups in total. The second-order valence-electron chi connectivity index (χ2n) is 5.19. The van der Waals surface area contributed by atoms with Gasteiger partial charge in [0.25, 0.3) is 0 Å². The van der Waals surface area contributed by atoms with Crippen LogP contribution in [0.25, 0.3) is 22.3 Å². The Morgan fingerprint density at radius 3 is 2.62 bits per heavy atom. The van der Waals surface area contributed by atoms with Crippen LogP contribution in [0, 0.1) is 6.92 Å². The third-order valence-electron chi connectivity index (χ3n) is 3.45. The SMILES string of the molecule is Cc1ccnc(Sc2nc(-c3cccnc3)nc3ccccc23)n1. The van der Waals surface area contributed by atoms with Crippen molar-refractivity contribution in [1.29, 1.82) is 0 Å². The number of hydrogen-bond donors (Lipinski definition) is 0. The molecule has 0 saturated carbocycles. The molecule has 0 bridgehead atoms. The number of hydrogen-bond acceptors (Lipinski definition) is 6. The molecule has 116 valence electrons. The van der Waals surface area contributed by atoms with Crippen LogP contribution in [0.5, 0.6) is 0 Å². The maximum absolute atomic E-state index is 4.73. The van der Waals surface area contributed by atoms with E-state index in [-0.39, 0.29) is 0 Å². The fourth-order valence-electron chi connectivity index (χ4n) is 2.31. The molecule has 0 spiro atoms. The van der Waals surface area contributed by atoms with Crippen molar-refractivity contribution in [3.63, 3.8) is 0 Å². The van der Waals surface area contributed by atoms with E-state index < -0.39 is 0 Å². The van der Waals surface area contributed by atoms with Crippen LogP contribution in [0.1, 0.15) is 5.69 Å². The van der Waals surface area contributed by atoms with Gasteiger partial charge in [-0.15, -0.1) is 0 Å². The minimum atomic E-state index is 0.650. The van der Waals surface area contributed by atoms with Crippen molar-refractivity contribution in [2.45, 2.75) is 17.1 Å². The number of para-hydroxylation sites is 1. The molecule has 24 heavy (non-hydrogen) atoms. The van der Waals surface area contributed by atoms with E-state index in [1.54, 1.807) is 18.6 Å². The van der Waals surface area contributed by atoms with Crippen LogP contribution in [-0.4, -0.2) is 24.9 Å². The van der Waals surface area contributed by atoms with Gasteiger partial charge in [-0.2, -0.15) is 0 Å². The standard InChI is InChI=1S/C18H13N5S/c1-12-8-10-20-18(21-12)24-17-14-6-2-3-7-15(14)22-16(23-17)13-5-4-9-19-11-13/h2-11H,1H3. The number of pyridine rings is 1. The first-order valence-corrected chi connectivity index (χ1v) is 8.26. The Kier molecular flexibility index (Phi) is 3.88. The summed E-state index contributed by atoms with van der Waals surface area (Å²) in [6.07, 6.45) is 5.26. The molecule has 6 heteroatoms. The molecule has 0 aliphatic carbocycles. The minimum Gasteiger partial charge on any atom is -0.264 e. The normalized spacial score (nSPS) is 10.9. The molecule has 0 saturated heterocycles. The highest BCUT2D eigenvalue weighted by atomic mass is 32.2. The van der Waals surface area contributed by atoms with E-state index in [1.807, 2.05) is 49.4 Å². The summed E-state index contributed by atoms with van der Waals surface area (Å²) in [5, 5.41) is 2.50. The van der Waals surface area contributed by atoms with Crippen LogP contribution in [-0.2, 0) is 0 Å². The first-order chi connectivity index (χ1) is 11.8. The average Bonchev–Trinajstić information content (AvgIpc) is 2.62. The minimum absolute atomic E-state index is 0.650. The Morgan fingerprint density at radius 2 is 1.79 bits per heavy atom. The molecule has 3 aromatic heterocycles. The van der Waals surface area contributed by atoms with Crippen LogP contribution in [0.4, 0.5) is 0 Å². The molecular weight excluding hydrogens is 318 g/mol. The maximum Gasteiger partial charge on any atom is 0.194 e. The fourth-order valence-corrected chi connectivity index (χ4v) is 3.20. The molecule has 4 aromatic rings. The fraction of sp³-hybridized carbons (Fsp3) is 0.0556. The van der Waals surface area contributed by atoms with Crippen molar-refractivity contribution in [2.75, 3.05) is 0 Å². The van der Waals surface area contributed by atoms with Crippen LogP contribution < -0.4 is 0 Å². The summed E-state index contributed by atoms with van der Waals surface area (Å²) >= 11 is 1.45. The Balaban J connectivity index is 1.86. The maximum atomic E-state index is 4.73. The van der Waals surface area contributed by atoms with E-state index >= 15 is 0 Å². The lowest BCUT2D eigenvalue weighted by Crippen LogP contribution is -1.95. The first kappa shape index (κ1) is 14.7. The van der Waals surface area contributed by atoms with E-state index in [0.717, 1.165) is 27.2 Å². The molecule has 0 unspecified atom stereocenters. The molecular formula is C18H13N5S. The molecule has 0 fully saturated rings. The van der Waals surface area contributed by atoms with E-state index in [4.69, 9.17) is 4.98 Å². The number of aromatic nitrogens is 5. The number of aryl methyl sites for hydroxylation is 1. The molecule has 0 radical (unpaired) electrons. The van der Waals surface area contributed by atoms with Crippen molar-refractivity contribution in [1.82, 2.24) is 24.9 Å². The zero-order valence-corrected chi connectivity index (χ0v) is 13.7. The molecule has 0 aliphatic rings. The summed E-state index contributed by atoms with van der Waals surface area (Å²) in [7, 11) is 0. The molecule has 0 amide bonds. The Labute approximate surface area is 143 Å². The third-order valence-corrected chi connectivity index (χ3v) is 4.33. The van der Waals surface area contributed by atoms with Crippen molar-refractivity contribution in [2.24, 2.45) is 0 Å². The second-order valence-corrected chi connectivity index (χ2v) is 6.15. The van der Waals surface area contributed by atoms with Gasteiger partial charge in [0.15, 0.2) is 11.0 Å². The predicted molar refractivity (Wildman–Crippen MR) is 93.7 cm³/mol. The van der Waals surface area contributed by atoms with Crippen molar-refractivity contribution < 1.29 is 0 Å². The quantitative estimate of drug-likeness (QED) is 0.418. The number of nitrogens with zero attached hydrogens (tertiary/aromatic N) is 5. The summed E-state index contributed by atoms with van der Waals surface area (Å²) in [5.74, 6) is 0.650. The molecule has 5 nitrogen and oxygen atoms in total. The monoisotopic (exact) mass is 331 g/mol. The van der Waals surface area contributed by atoms with Gasteiger partial charge in [0.05, 0.1) is 5.52 Å². The predicted octanol–water partition coefficient (Wildman–Crippen LogP) is 3.94. The van der Waals surface area contributed by atoms with Gasteiger partial charge >= 0.3 is 0 Å². The van der Waals surface area contributed by atoms with Crippen LogP contribution in [0.3, 0.4) is 0 Å². The average molecular weight is 331 g/mol.